The number of Topliss-reactive ketones (excluding diaryl/α,β-unsaturated/α-hetero) is 1. The molecule has 1 aromatic heterocycles. The van der Waals surface area contributed by atoms with E-state index < -0.39 is 23.7 Å². The predicted octanol–water partition coefficient (Wildman–Crippen LogP) is 3.56. The Hall–Kier alpha value is -3.61. The molecule has 0 saturated carbocycles. The smallest absolute Gasteiger partial charge is 0.326 e. The molecule has 0 spiro atoms. The van der Waals surface area contributed by atoms with Crippen LogP contribution in [0, 0.1) is 5.92 Å². The molecule has 0 aliphatic rings. The zero-order chi connectivity index (χ0) is 23.3. The van der Waals surface area contributed by atoms with Crippen LogP contribution in [0.3, 0.4) is 0 Å². The number of carboxylic acids is 1. The summed E-state index contributed by atoms with van der Waals surface area (Å²) < 4.78 is 0. The van der Waals surface area contributed by atoms with Gasteiger partial charge in [-0.15, -0.1) is 0 Å². The van der Waals surface area contributed by atoms with Crippen molar-refractivity contribution in [1.82, 2.24) is 9.88 Å². The van der Waals surface area contributed by atoms with Crippen LogP contribution in [0.5, 0.6) is 5.75 Å². The molecular formula is C25H28N2O5. The number of amides is 1. The van der Waals surface area contributed by atoms with Crippen LogP contribution in [0.4, 0.5) is 0 Å². The van der Waals surface area contributed by atoms with Gasteiger partial charge in [0.1, 0.15) is 11.8 Å². The molecule has 0 aliphatic heterocycles. The summed E-state index contributed by atoms with van der Waals surface area (Å²) in [5.41, 5.74) is 2.55. The largest absolute Gasteiger partial charge is 0.508 e. The van der Waals surface area contributed by atoms with Gasteiger partial charge in [0.2, 0.25) is 5.78 Å². The number of aromatic amines is 1. The van der Waals surface area contributed by atoms with E-state index in [1.54, 1.807) is 12.1 Å². The summed E-state index contributed by atoms with van der Waals surface area (Å²) in [4.78, 5) is 42.2. The summed E-state index contributed by atoms with van der Waals surface area (Å²) in [5, 5.41) is 20.4. The van der Waals surface area contributed by atoms with Crippen LogP contribution in [-0.2, 0) is 27.2 Å². The van der Waals surface area contributed by atoms with Crippen LogP contribution < -0.4 is 0 Å². The number of phenols is 1. The number of carbonyl (C=O) groups excluding carboxylic acids is 2. The minimum atomic E-state index is -1.20. The maximum atomic E-state index is 13.1. The molecule has 0 saturated heterocycles. The summed E-state index contributed by atoms with van der Waals surface area (Å²) >= 11 is 0. The molecule has 1 amide bonds. The fraction of sp³-hybridized carbons (Fsp3) is 0.320. The van der Waals surface area contributed by atoms with Gasteiger partial charge < -0.3 is 20.1 Å². The van der Waals surface area contributed by atoms with E-state index in [4.69, 9.17) is 0 Å². The zero-order valence-corrected chi connectivity index (χ0v) is 18.2. The highest BCUT2D eigenvalue weighted by molar-refractivity contribution is 6.36. The number of phenolic OH excluding ortho intramolecular Hbond substituents is 1. The van der Waals surface area contributed by atoms with Gasteiger partial charge in [0.25, 0.3) is 5.91 Å². The molecule has 2 aromatic carbocycles. The molecule has 1 unspecified atom stereocenters. The number of benzene rings is 2. The number of carbonyl (C=O) groups is 3. The maximum absolute atomic E-state index is 13.1. The summed E-state index contributed by atoms with van der Waals surface area (Å²) in [6, 6.07) is 12.7. The second-order valence-corrected chi connectivity index (χ2v) is 8.35. The number of para-hydroxylation sites is 1. The number of nitrogens with zero attached hydrogens (tertiary/aromatic N) is 1. The number of aromatic hydroxyl groups is 1. The van der Waals surface area contributed by atoms with E-state index in [1.807, 2.05) is 44.3 Å². The third kappa shape index (κ3) is 5.55. The lowest BCUT2D eigenvalue weighted by molar-refractivity contribution is -0.154. The van der Waals surface area contributed by atoms with E-state index in [0.717, 1.165) is 16.5 Å². The zero-order valence-electron chi connectivity index (χ0n) is 18.2. The predicted molar refractivity (Wildman–Crippen MR) is 121 cm³/mol. The number of nitrogens with one attached hydrogen (secondary N) is 1. The Morgan fingerprint density at radius 3 is 2.38 bits per heavy atom. The molecule has 7 heteroatoms. The highest BCUT2D eigenvalue weighted by atomic mass is 16.4. The highest BCUT2D eigenvalue weighted by Crippen LogP contribution is 2.20. The van der Waals surface area contributed by atoms with Crippen molar-refractivity contribution in [3.05, 3.63) is 65.9 Å². The van der Waals surface area contributed by atoms with Crippen LogP contribution in [0.2, 0.25) is 0 Å². The molecule has 0 aliphatic carbocycles. The Morgan fingerprint density at radius 2 is 1.72 bits per heavy atom. The van der Waals surface area contributed by atoms with Crippen molar-refractivity contribution < 1.29 is 24.6 Å². The topological polar surface area (TPSA) is 111 Å². The summed E-state index contributed by atoms with van der Waals surface area (Å²) in [7, 11) is 0. The molecule has 3 N–H and O–H groups in total. The van der Waals surface area contributed by atoms with E-state index in [-0.39, 0.29) is 31.1 Å². The highest BCUT2D eigenvalue weighted by Gasteiger charge is 2.33. The molecular weight excluding hydrogens is 408 g/mol. The number of H-pyrrole nitrogens is 1. The van der Waals surface area contributed by atoms with Crippen LogP contribution in [0.1, 0.15) is 31.4 Å². The van der Waals surface area contributed by atoms with Gasteiger partial charge in [-0.05, 0) is 41.7 Å². The number of aliphatic carboxylic acids is 1. The summed E-state index contributed by atoms with van der Waals surface area (Å²) in [5.74, 6) is -2.48. The number of hydrogen-bond donors (Lipinski definition) is 3. The third-order valence-electron chi connectivity index (χ3n) is 5.42. The fourth-order valence-electron chi connectivity index (χ4n) is 3.78. The normalized spacial score (nSPS) is 12.1. The molecule has 0 fully saturated rings. The van der Waals surface area contributed by atoms with Crippen molar-refractivity contribution in [2.24, 2.45) is 5.92 Å². The second-order valence-electron chi connectivity index (χ2n) is 8.35. The van der Waals surface area contributed by atoms with Crippen molar-refractivity contribution in [2.75, 3.05) is 6.54 Å². The van der Waals surface area contributed by atoms with Crippen molar-refractivity contribution in [3.8, 4) is 5.75 Å². The lowest BCUT2D eigenvalue weighted by Crippen LogP contribution is -2.50. The fourth-order valence-corrected chi connectivity index (χ4v) is 3.78. The molecule has 168 valence electrons. The second kappa shape index (κ2) is 10.1. The first kappa shape index (κ1) is 23.1. The van der Waals surface area contributed by atoms with E-state index in [2.05, 4.69) is 4.98 Å². The van der Waals surface area contributed by atoms with Crippen molar-refractivity contribution in [2.45, 2.75) is 39.2 Å². The minimum absolute atomic E-state index is 0.0118. The third-order valence-corrected chi connectivity index (χ3v) is 5.42. The van der Waals surface area contributed by atoms with Gasteiger partial charge in [0.05, 0.1) is 0 Å². The molecule has 32 heavy (non-hydrogen) atoms. The number of aromatic nitrogens is 1. The molecule has 0 bridgehead atoms. The van der Waals surface area contributed by atoms with Gasteiger partial charge in [-0.2, -0.15) is 0 Å². The van der Waals surface area contributed by atoms with Crippen molar-refractivity contribution >= 4 is 28.6 Å². The molecule has 3 rings (SSSR count). The Morgan fingerprint density at radius 1 is 1.03 bits per heavy atom. The van der Waals surface area contributed by atoms with Gasteiger partial charge in [-0.1, -0.05) is 44.2 Å². The van der Waals surface area contributed by atoms with Gasteiger partial charge in [-0.25, -0.2) is 4.79 Å². The van der Waals surface area contributed by atoms with Gasteiger partial charge in [-0.3, -0.25) is 9.59 Å². The first-order valence-electron chi connectivity index (χ1n) is 10.7. The Bertz CT molecular complexity index is 1100. The lowest BCUT2D eigenvalue weighted by Gasteiger charge is -2.29. The summed E-state index contributed by atoms with van der Waals surface area (Å²) in [6.07, 6.45) is 2.35. The van der Waals surface area contributed by atoms with Crippen LogP contribution in [-0.4, -0.2) is 50.3 Å². The maximum Gasteiger partial charge on any atom is 0.326 e. The average molecular weight is 437 g/mol. The number of ketones is 1. The Labute approximate surface area is 186 Å². The molecule has 0 radical (unpaired) electrons. The molecule has 1 atom stereocenters. The number of fused-ring (bicyclic) bond motifs is 1. The van der Waals surface area contributed by atoms with Crippen molar-refractivity contribution in [3.63, 3.8) is 0 Å². The van der Waals surface area contributed by atoms with E-state index >= 15 is 0 Å². The Kier molecular flexibility index (Phi) is 7.30. The first-order valence-corrected chi connectivity index (χ1v) is 10.7. The Balaban J connectivity index is 1.88. The van der Waals surface area contributed by atoms with Crippen LogP contribution in [0.15, 0.2) is 54.7 Å². The number of carboxylic acid groups (broad SMARTS) is 1. The summed E-state index contributed by atoms with van der Waals surface area (Å²) in [6.45, 7) is 3.78. The molecule has 1 heterocycles. The first-order chi connectivity index (χ1) is 15.3. The van der Waals surface area contributed by atoms with Gasteiger partial charge >= 0.3 is 5.97 Å². The molecule has 3 aromatic rings. The average Bonchev–Trinajstić information content (AvgIpc) is 3.16. The van der Waals surface area contributed by atoms with Crippen LogP contribution in [0.25, 0.3) is 10.9 Å². The van der Waals surface area contributed by atoms with E-state index in [9.17, 15) is 24.6 Å². The minimum Gasteiger partial charge on any atom is -0.508 e. The standard InChI is InChI=1S/C25H28N2O5/c1-16(2)13-23(29)24(30)27(12-11-18-15-26-21-6-4-3-5-20(18)21)22(25(31)32)14-17-7-9-19(28)10-8-17/h3-10,15-16,22,26,28H,11-14H2,1-2H3,(H,31,32). The lowest BCUT2D eigenvalue weighted by atomic mass is 10.0. The van der Waals surface area contributed by atoms with Crippen molar-refractivity contribution in [1.29, 1.82) is 0 Å². The number of rotatable bonds is 10. The number of hydrogen-bond acceptors (Lipinski definition) is 4. The SMILES string of the molecule is CC(C)CC(=O)C(=O)N(CCc1c[nH]c2ccccc12)C(Cc1ccc(O)cc1)C(=O)O. The monoisotopic (exact) mass is 436 g/mol. The molecule has 7 nitrogen and oxygen atoms in total. The van der Waals surface area contributed by atoms with Gasteiger partial charge in [0, 0.05) is 36.5 Å². The van der Waals surface area contributed by atoms with Gasteiger partial charge in [0.15, 0.2) is 0 Å². The van der Waals surface area contributed by atoms with E-state index in [1.165, 1.54) is 17.0 Å². The quantitative estimate of drug-likeness (QED) is 0.421. The van der Waals surface area contributed by atoms with E-state index in [0.29, 0.717) is 12.0 Å². The van der Waals surface area contributed by atoms with Crippen LogP contribution >= 0.6 is 0 Å².